The molecule has 1 heterocycles. The first kappa shape index (κ1) is 30.2. The van der Waals surface area contributed by atoms with Crippen molar-refractivity contribution >= 4 is 34.0 Å². The summed E-state index contributed by atoms with van der Waals surface area (Å²) >= 11 is 0. The minimum absolute atomic E-state index is 0.170. The van der Waals surface area contributed by atoms with Crippen molar-refractivity contribution in [2.75, 3.05) is 0 Å². The molecule has 0 amide bonds. The van der Waals surface area contributed by atoms with E-state index in [9.17, 15) is 36.4 Å². The van der Waals surface area contributed by atoms with Gasteiger partial charge in [-0.25, -0.2) is 0 Å². The number of halogens is 2. The summed E-state index contributed by atoms with van der Waals surface area (Å²) in [5.41, 5.74) is 0. The monoisotopic (exact) mass is 570 g/mol. The molecule has 0 aromatic carbocycles. The highest BCUT2D eigenvalue weighted by Gasteiger charge is 2.70. The molecule has 38 heavy (non-hydrogen) atoms. The van der Waals surface area contributed by atoms with Crippen LogP contribution in [0.2, 0.25) is 0 Å². The van der Waals surface area contributed by atoms with Crippen LogP contribution >= 0.6 is 0 Å². The van der Waals surface area contributed by atoms with Gasteiger partial charge in [-0.3, -0.25) is 23.7 Å². The van der Waals surface area contributed by atoms with Crippen LogP contribution in [0.4, 0.5) is 8.78 Å². The Morgan fingerprint density at radius 1 is 1.05 bits per heavy atom. The third-order valence-electron chi connectivity index (χ3n) is 6.93. The Kier molecular flexibility index (Phi) is 8.73. The van der Waals surface area contributed by atoms with Crippen molar-refractivity contribution in [1.82, 2.24) is 0 Å². The summed E-state index contributed by atoms with van der Waals surface area (Å²) in [7, 11) is -5.83. The van der Waals surface area contributed by atoms with Crippen molar-refractivity contribution in [2.24, 2.45) is 29.6 Å². The van der Waals surface area contributed by atoms with Crippen LogP contribution in [0.3, 0.4) is 0 Å². The van der Waals surface area contributed by atoms with E-state index in [-0.39, 0.29) is 17.9 Å². The number of carbonyl (C=O) groups excluding carboxylic acids is 4. The Bertz CT molecular complexity index is 1060. The minimum Gasteiger partial charge on any atom is -0.458 e. The molecule has 2 saturated carbocycles. The number of ether oxygens (including phenoxy) is 5. The molecule has 8 atom stereocenters. The fourth-order valence-electron chi connectivity index (χ4n) is 5.20. The lowest BCUT2D eigenvalue weighted by molar-refractivity contribution is -0.206. The summed E-state index contributed by atoms with van der Waals surface area (Å²) in [6.07, 6.45) is -6.30. The highest BCUT2D eigenvalue weighted by atomic mass is 32.2. The maximum atomic E-state index is 13.6. The number of rotatable bonds is 12. The van der Waals surface area contributed by atoms with Gasteiger partial charge in [0.1, 0.15) is 12.2 Å². The smallest absolute Gasteiger partial charge is 0.405 e. The van der Waals surface area contributed by atoms with Crippen LogP contribution in [0.5, 0.6) is 0 Å². The highest BCUT2D eigenvalue weighted by Crippen LogP contribution is 2.59. The van der Waals surface area contributed by atoms with Gasteiger partial charge in [0.25, 0.3) is 0 Å². The molecule has 2 bridgehead atoms. The van der Waals surface area contributed by atoms with Crippen molar-refractivity contribution in [1.29, 1.82) is 0 Å². The second-order valence-corrected chi connectivity index (χ2v) is 11.9. The van der Waals surface area contributed by atoms with Crippen molar-refractivity contribution in [3.05, 3.63) is 0 Å². The number of esters is 4. The molecular formula is C23H32F2O12S. The van der Waals surface area contributed by atoms with Gasteiger partial charge >= 0.3 is 39.2 Å². The van der Waals surface area contributed by atoms with Gasteiger partial charge in [-0.15, -0.1) is 0 Å². The van der Waals surface area contributed by atoms with Gasteiger partial charge in [-0.2, -0.15) is 17.2 Å². The van der Waals surface area contributed by atoms with E-state index in [1.54, 1.807) is 27.7 Å². The first-order chi connectivity index (χ1) is 17.5. The van der Waals surface area contributed by atoms with Crippen LogP contribution in [0.15, 0.2) is 0 Å². The highest BCUT2D eigenvalue weighted by molar-refractivity contribution is 7.86. The lowest BCUT2D eigenvalue weighted by Gasteiger charge is -2.32. The number of hydrogen-bond donors (Lipinski definition) is 1. The zero-order chi connectivity index (χ0) is 28.7. The summed E-state index contributed by atoms with van der Waals surface area (Å²) in [5, 5.41) is -4.74. The topological polar surface area (TPSA) is 169 Å². The molecule has 1 aliphatic heterocycles. The third-order valence-corrected chi connectivity index (χ3v) is 7.95. The van der Waals surface area contributed by atoms with Crippen LogP contribution in [-0.2, 0) is 53.0 Å². The normalized spacial score (nSPS) is 29.8. The molecule has 1 saturated heterocycles. The van der Waals surface area contributed by atoms with Crippen molar-refractivity contribution in [2.45, 2.75) is 89.8 Å². The summed E-state index contributed by atoms with van der Waals surface area (Å²) in [6, 6.07) is 0. The van der Waals surface area contributed by atoms with Crippen molar-refractivity contribution in [3.63, 3.8) is 0 Å². The minimum atomic E-state index is -5.83. The van der Waals surface area contributed by atoms with Crippen molar-refractivity contribution in [3.8, 4) is 0 Å². The first-order valence-electron chi connectivity index (χ1n) is 12.3. The fourth-order valence-corrected chi connectivity index (χ4v) is 5.67. The molecule has 0 aromatic heterocycles. The van der Waals surface area contributed by atoms with E-state index in [0.717, 1.165) is 0 Å². The van der Waals surface area contributed by atoms with Gasteiger partial charge in [0, 0.05) is 17.8 Å². The molecule has 12 nitrogen and oxygen atoms in total. The number of fused-ring (bicyclic) bond motifs is 1. The molecule has 0 spiro atoms. The second-order valence-electron chi connectivity index (χ2n) is 10.4. The van der Waals surface area contributed by atoms with Crippen LogP contribution in [-0.4, -0.2) is 72.8 Å². The van der Waals surface area contributed by atoms with Gasteiger partial charge < -0.3 is 23.7 Å². The molecule has 8 unspecified atom stereocenters. The predicted octanol–water partition coefficient (Wildman–Crippen LogP) is 1.85. The number of hydrogen-bond acceptors (Lipinski definition) is 11. The third kappa shape index (κ3) is 5.93. The largest absolute Gasteiger partial charge is 0.458 e. The molecule has 3 aliphatic rings. The molecule has 0 radical (unpaired) electrons. The van der Waals surface area contributed by atoms with Gasteiger partial charge in [0.05, 0.1) is 30.8 Å². The Morgan fingerprint density at radius 3 is 2.21 bits per heavy atom. The zero-order valence-electron chi connectivity index (χ0n) is 21.5. The fraction of sp³-hybridized carbons (Fsp3) is 0.826. The van der Waals surface area contributed by atoms with Crippen LogP contribution in [0.25, 0.3) is 0 Å². The van der Waals surface area contributed by atoms with E-state index in [0.29, 0.717) is 13.3 Å². The molecular weight excluding hydrogens is 538 g/mol. The van der Waals surface area contributed by atoms with E-state index in [4.69, 9.17) is 23.5 Å². The van der Waals surface area contributed by atoms with Crippen molar-refractivity contribution < 1.29 is 64.6 Å². The summed E-state index contributed by atoms with van der Waals surface area (Å²) < 4.78 is 83.6. The standard InChI is InChI=1S/C23H32F2O12S/c1-9(2)22(33-10(3)4)37-21(29)17-12-8-13-16(17)20(28)36-19(13)18(12)35-15(27)7-6-14(26)34-11(5)23(24,25)38(30,31)32/h9-13,16-19,22H,6-8H2,1-5H3,(H,30,31,32). The van der Waals surface area contributed by atoms with E-state index >= 15 is 0 Å². The second kappa shape index (κ2) is 11.0. The quantitative estimate of drug-likeness (QED) is 0.157. The summed E-state index contributed by atoms with van der Waals surface area (Å²) in [4.78, 5) is 50.0. The van der Waals surface area contributed by atoms with Crippen LogP contribution in [0, 0.1) is 29.6 Å². The molecule has 15 heteroatoms. The molecule has 216 valence electrons. The van der Waals surface area contributed by atoms with E-state index in [1.165, 1.54) is 0 Å². The molecule has 2 aliphatic carbocycles. The number of carbonyl (C=O) groups is 4. The SMILES string of the molecule is CC(C)OC(OC(=O)C1C2CC3C(OC(=O)C31)C2OC(=O)CCC(=O)OC(C)C(F)(F)S(=O)(=O)O)C(C)C. The zero-order valence-corrected chi connectivity index (χ0v) is 22.3. The average molecular weight is 571 g/mol. The van der Waals surface area contributed by atoms with Gasteiger partial charge in [-0.05, 0) is 27.2 Å². The average Bonchev–Trinajstić information content (AvgIpc) is 3.39. The maximum absolute atomic E-state index is 13.6. The maximum Gasteiger partial charge on any atom is 0.405 e. The lowest BCUT2D eigenvalue weighted by atomic mass is 9.78. The predicted molar refractivity (Wildman–Crippen MR) is 121 cm³/mol. The summed E-state index contributed by atoms with van der Waals surface area (Å²) in [5.74, 6) is -6.30. The Balaban J connectivity index is 1.61. The van der Waals surface area contributed by atoms with Crippen LogP contribution in [0.1, 0.15) is 53.9 Å². The van der Waals surface area contributed by atoms with E-state index in [2.05, 4.69) is 4.74 Å². The van der Waals surface area contributed by atoms with Gasteiger partial charge in [0.15, 0.2) is 6.10 Å². The lowest BCUT2D eigenvalue weighted by Crippen LogP contribution is -2.45. The van der Waals surface area contributed by atoms with Crippen LogP contribution < -0.4 is 0 Å². The molecule has 1 N–H and O–H groups in total. The molecule has 3 fully saturated rings. The Morgan fingerprint density at radius 2 is 1.66 bits per heavy atom. The van der Waals surface area contributed by atoms with E-state index in [1.807, 2.05) is 0 Å². The Hall–Kier alpha value is -2.39. The first-order valence-corrected chi connectivity index (χ1v) is 13.7. The summed E-state index contributed by atoms with van der Waals surface area (Å²) in [6.45, 7) is 7.75. The molecule has 3 rings (SSSR count). The van der Waals surface area contributed by atoms with Gasteiger partial charge in [-0.1, -0.05) is 13.8 Å². The molecule has 0 aromatic rings. The number of alkyl halides is 2. The van der Waals surface area contributed by atoms with Gasteiger partial charge in [0.2, 0.25) is 6.29 Å². The Labute approximate surface area is 218 Å². The van der Waals surface area contributed by atoms with E-state index < -0.39 is 94.4 Å².